The zero-order valence-electron chi connectivity index (χ0n) is 17.9. The first-order valence-corrected chi connectivity index (χ1v) is 10.2. The number of nitrogens with two attached hydrogens (primary N) is 1. The average Bonchev–Trinajstić information content (AvgIpc) is 3.23. The molecule has 0 unspecified atom stereocenters. The predicted octanol–water partition coefficient (Wildman–Crippen LogP) is 4.77. The number of primary amides is 1. The molecule has 0 saturated heterocycles. The molecule has 4 aromatic rings. The molecular weight excluding hydrogens is 466 g/mol. The molecule has 3 aromatic carbocycles. The van der Waals surface area contributed by atoms with E-state index in [1.54, 1.807) is 30.3 Å². The molecular formula is C24H17F4N5O2. The van der Waals surface area contributed by atoms with Gasteiger partial charge < -0.3 is 11.1 Å². The molecule has 7 nitrogen and oxygen atoms in total. The van der Waals surface area contributed by atoms with Crippen LogP contribution < -0.4 is 16.4 Å². The maximum Gasteiger partial charge on any atom is 0.324 e. The highest BCUT2D eigenvalue weighted by Crippen LogP contribution is 2.27. The van der Waals surface area contributed by atoms with Gasteiger partial charge in [0.1, 0.15) is 11.6 Å². The number of rotatable bonds is 6. The number of urea groups is 1. The van der Waals surface area contributed by atoms with Crippen molar-refractivity contribution < 1.29 is 27.2 Å². The van der Waals surface area contributed by atoms with E-state index >= 15 is 0 Å². The van der Waals surface area contributed by atoms with Crippen molar-refractivity contribution in [1.82, 2.24) is 9.78 Å². The van der Waals surface area contributed by atoms with Crippen LogP contribution in [0.3, 0.4) is 0 Å². The van der Waals surface area contributed by atoms with Gasteiger partial charge in [-0.1, -0.05) is 24.3 Å². The van der Waals surface area contributed by atoms with Gasteiger partial charge in [-0.3, -0.25) is 10.1 Å². The minimum absolute atomic E-state index is 0.0416. The number of hydrogen-bond donors (Lipinski definition) is 3. The van der Waals surface area contributed by atoms with Crippen molar-refractivity contribution in [1.29, 1.82) is 0 Å². The van der Waals surface area contributed by atoms with Crippen LogP contribution in [0.4, 0.5) is 33.9 Å². The normalized spacial score (nSPS) is 10.7. The molecule has 11 heteroatoms. The van der Waals surface area contributed by atoms with Crippen LogP contribution in [0.15, 0.2) is 66.7 Å². The Labute approximate surface area is 196 Å². The van der Waals surface area contributed by atoms with E-state index in [0.29, 0.717) is 17.3 Å². The molecule has 0 aliphatic carbocycles. The molecule has 0 atom stereocenters. The van der Waals surface area contributed by atoms with E-state index in [9.17, 15) is 27.2 Å². The predicted molar refractivity (Wildman–Crippen MR) is 121 cm³/mol. The van der Waals surface area contributed by atoms with Gasteiger partial charge in [0, 0.05) is 11.6 Å². The first-order chi connectivity index (χ1) is 16.7. The molecule has 0 fully saturated rings. The molecule has 0 radical (unpaired) electrons. The minimum atomic E-state index is -1.74. The Morgan fingerprint density at radius 3 is 2.37 bits per heavy atom. The third kappa shape index (κ3) is 5.13. The van der Waals surface area contributed by atoms with Gasteiger partial charge in [0.2, 0.25) is 5.91 Å². The quantitative estimate of drug-likeness (QED) is 0.272. The number of amides is 3. The van der Waals surface area contributed by atoms with Gasteiger partial charge in [-0.2, -0.15) is 5.10 Å². The monoisotopic (exact) mass is 483 g/mol. The topological polar surface area (TPSA) is 102 Å². The van der Waals surface area contributed by atoms with E-state index in [2.05, 4.69) is 15.7 Å². The molecule has 1 aromatic heterocycles. The number of anilines is 2. The summed E-state index contributed by atoms with van der Waals surface area (Å²) in [5.41, 5.74) is 5.95. The summed E-state index contributed by atoms with van der Waals surface area (Å²) >= 11 is 0. The van der Waals surface area contributed by atoms with Crippen LogP contribution in [0.2, 0.25) is 0 Å². The number of benzene rings is 3. The molecule has 35 heavy (non-hydrogen) atoms. The summed E-state index contributed by atoms with van der Waals surface area (Å²) in [6.07, 6.45) is -0.0477. The number of aromatic nitrogens is 2. The lowest BCUT2D eigenvalue weighted by molar-refractivity contribution is -0.117. The number of hydrogen-bond acceptors (Lipinski definition) is 3. The molecule has 1 heterocycles. The Hall–Kier alpha value is -4.67. The Kier molecular flexibility index (Phi) is 6.49. The van der Waals surface area contributed by atoms with E-state index in [4.69, 9.17) is 5.73 Å². The molecule has 4 rings (SSSR count). The fourth-order valence-corrected chi connectivity index (χ4v) is 3.36. The third-order valence-corrected chi connectivity index (χ3v) is 4.92. The van der Waals surface area contributed by atoms with E-state index in [0.717, 1.165) is 6.07 Å². The summed E-state index contributed by atoms with van der Waals surface area (Å²) in [6, 6.07) is 14.3. The maximum atomic E-state index is 14.4. The largest absolute Gasteiger partial charge is 0.369 e. The van der Waals surface area contributed by atoms with Crippen LogP contribution in [0.25, 0.3) is 16.9 Å². The smallest absolute Gasteiger partial charge is 0.324 e. The van der Waals surface area contributed by atoms with Crippen LogP contribution in [0.1, 0.15) is 5.56 Å². The second-order valence-electron chi connectivity index (χ2n) is 7.42. The molecule has 0 saturated carbocycles. The molecule has 0 spiro atoms. The SMILES string of the molecule is NC(=O)Cc1cccc(-n2nc(-c3ccccc3F)cc2NC(=O)Nc2ccc(F)c(F)c2F)c1. The molecule has 178 valence electrons. The first kappa shape index (κ1) is 23.5. The van der Waals surface area contributed by atoms with E-state index < -0.39 is 40.9 Å². The molecule has 4 N–H and O–H groups in total. The summed E-state index contributed by atoms with van der Waals surface area (Å²) in [7, 11) is 0. The average molecular weight is 483 g/mol. The number of halogens is 4. The van der Waals surface area contributed by atoms with Gasteiger partial charge in [-0.05, 0) is 42.0 Å². The first-order valence-electron chi connectivity index (χ1n) is 10.2. The summed E-state index contributed by atoms with van der Waals surface area (Å²) in [4.78, 5) is 23.9. The zero-order chi connectivity index (χ0) is 25.1. The number of carbonyl (C=O) groups is 2. The standard InChI is InChI=1S/C24H17F4N5O2/c25-16-7-2-1-6-15(16)19-12-21(31-24(35)30-18-9-8-17(26)22(27)23(18)28)33(32-19)14-5-3-4-13(10-14)11-20(29)34/h1-10,12H,11H2,(H2,29,34)(H2,30,31,35). The number of nitrogens with one attached hydrogen (secondary N) is 2. The molecule has 0 aliphatic heterocycles. The van der Waals surface area contributed by atoms with Crippen molar-refractivity contribution in [2.45, 2.75) is 6.42 Å². The van der Waals surface area contributed by atoms with Crippen LogP contribution in [-0.2, 0) is 11.2 Å². The Balaban J connectivity index is 1.71. The van der Waals surface area contributed by atoms with Crippen molar-refractivity contribution >= 4 is 23.4 Å². The minimum Gasteiger partial charge on any atom is -0.369 e. The van der Waals surface area contributed by atoms with E-state index in [1.807, 2.05) is 0 Å². The van der Waals surface area contributed by atoms with Crippen molar-refractivity contribution in [3.05, 3.63) is 95.6 Å². The number of nitrogens with zero attached hydrogens (tertiary/aromatic N) is 2. The van der Waals surface area contributed by atoms with Gasteiger partial charge in [0.15, 0.2) is 17.5 Å². The molecule has 0 aliphatic rings. The van der Waals surface area contributed by atoms with Crippen LogP contribution >= 0.6 is 0 Å². The lowest BCUT2D eigenvalue weighted by Gasteiger charge is -2.11. The molecule has 0 bridgehead atoms. The van der Waals surface area contributed by atoms with E-state index in [-0.39, 0.29) is 23.5 Å². The highest BCUT2D eigenvalue weighted by molar-refractivity contribution is 5.99. The second-order valence-corrected chi connectivity index (χ2v) is 7.42. The molecule has 3 amide bonds. The fraction of sp³-hybridized carbons (Fsp3) is 0.0417. The van der Waals surface area contributed by atoms with Crippen LogP contribution in [-0.4, -0.2) is 21.7 Å². The lowest BCUT2D eigenvalue weighted by Crippen LogP contribution is -2.22. The lowest BCUT2D eigenvalue weighted by atomic mass is 10.1. The van der Waals surface area contributed by atoms with Crippen molar-refractivity contribution in [3.63, 3.8) is 0 Å². The summed E-state index contributed by atoms with van der Waals surface area (Å²) in [5.74, 6) is -5.78. The van der Waals surface area contributed by atoms with Gasteiger partial charge in [-0.25, -0.2) is 27.0 Å². The van der Waals surface area contributed by atoms with Crippen LogP contribution in [0, 0.1) is 23.3 Å². The summed E-state index contributed by atoms with van der Waals surface area (Å²) < 4.78 is 56.3. The summed E-state index contributed by atoms with van der Waals surface area (Å²) in [5, 5.41) is 8.91. The highest BCUT2D eigenvalue weighted by atomic mass is 19.2. The highest BCUT2D eigenvalue weighted by Gasteiger charge is 2.19. The van der Waals surface area contributed by atoms with Gasteiger partial charge in [0.25, 0.3) is 0 Å². The van der Waals surface area contributed by atoms with E-state index in [1.165, 1.54) is 28.9 Å². The Morgan fingerprint density at radius 2 is 1.63 bits per heavy atom. The van der Waals surface area contributed by atoms with Gasteiger partial charge in [-0.15, -0.1) is 0 Å². The Bertz CT molecular complexity index is 1440. The van der Waals surface area contributed by atoms with Crippen LogP contribution in [0.5, 0.6) is 0 Å². The fourth-order valence-electron chi connectivity index (χ4n) is 3.36. The number of carbonyl (C=O) groups excluding carboxylic acids is 2. The summed E-state index contributed by atoms with van der Waals surface area (Å²) in [6.45, 7) is 0. The van der Waals surface area contributed by atoms with Crippen molar-refractivity contribution in [2.75, 3.05) is 10.6 Å². The van der Waals surface area contributed by atoms with Gasteiger partial charge in [0.05, 0.1) is 23.5 Å². The van der Waals surface area contributed by atoms with Gasteiger partial charge >= 0.3 is 6.03 Å². The maximum absolute atomic E-state index is 14.4. The van der Waals surface area contributed by atoms with Crippen molar-refractivity contribution in [3.8, 4) is 16.9 Å². The zero-order valence-corrected chi connectivity index (χ0v) is 17.9. The Morgan fingerprint density at radius 1 is 0.857 bits per heavy atom. The van der Waals surface area contributed by atoms with Crippen molar-refractivity contribution in [2.24, 2.45) is 5.73 Å². The second kappa shape index (κ2) is 9.67. The third-order valence-electron chi connectivity index (χ3n) is 4.92.